The van der Waals surface area contributed by atoms with Gasteiger partial charge >= 0.3 is 0 Å². The molecule has 1 heterocycles. The summed E-state index contributed by atoms with van der Waals surface area (Å²) >= 11 is 0. The Kier molecular flexibility index (Phi) is 1.96. The number of β-amino-alcohol motifs (C(OH)–C–C–N with tert-alkyl or cyclic N) is 1. The first kappa shape index (κ1) is 9.19. The Morgan fingerprint density at radius 1 is 1.42 bits per heavy atom. The number of amides is 1. The highest BCUT2D eigenvalue weighted by Crippen LogP contribution is 2.19. The van der Waals surface area contributed by atoms with Gasteiger partial charge in [0.2, 0.25) is 5.78 Å². The lowest BCUT2D eigenvalue weighted by molar-refractivity contribution is -0.143. The maximum atomic E-state index is 11.2. The van der Waals surface area contributed by atoms with E-state index in [4.69, 9.17) is 5.11 Å². The Morgan fingerprint density at radius 3 is 2.08 bits per heavy atom. The average molecular weight is 171 g/mol. The fraction of sp³-hybridized carbons (Fsp3) is 0.750. The van der Waals surface area contributed by atoms with Gasteiger partial charge in [0, 0.05) is 5.54 Å². The number of Topliss-reactive ketones (excluding diaryl/α,β-unsaturated/α-hetero) is 1. The summed E-state index contributed by atoms with van der Waals surface area (Å²) in [6.07, 6.45) is -1.13. The van der Waals surface area contributed by atoms with Gasteiger partial charge in [-0.15, -0.1) is 0 Å². The van der Waals surface area contributed by atoms with E-state index in [-0.39, 0.29) is 12.1 Å². The van der Waals surface area contributed by atoms with Crippen LogP contribution in [-0.2, 0) is 9.59 Å². The fourth-order valence-electron chi connectivity index (χ4n) is 1.19. The van der Waals surface area contributed by atoms with Gasteiger partial charge < -0.3 is 10.0 Å². The maximum absolute atomic E-state index is 11.2. The minimum Gasteiger partial charge on any atom is -0.383 e. The van der Waals surface area contributed by atoms with Gasteiger partial charge in [0.05, 0.1) is 6.54 Å². The van der Waals surface area contributed by atoms with E-state index in [1.54, 1.807) is 0 Å². The molecule has 68 valence electrons. The molecule has 0 radical (unpaired) electrons. The molecular weight excluding hydrogens is 158 g/mol. The first-order valence-electron chi connectivity index (χ1n) is 3.88. The van der Waals surface area contributed by atoms with E-state index in [0.717, 1.165) is 0 Å². The highest BCUT2D eigenvalue weighted by molar-refractivity contribution is 6.39. The number of carbonyl (C=O) groups is 2. The Morgan fingerprint density at radius 2 is 1.92 bits per heavy atom. The zero-order chi connectivity index (χ0) is 9.52. The summed E-state index contributed by atoms with van der Waals surface area (Å²) in [6, 6.07) is 0. The van der Waals surface area contributed by atoms with Crippen molar-refractivity contribution in [3.05, 3.63) is 0 Å². The summed E-state index contributed by atoms with van der Waals surface area (Å²) in [5, 5.41) is 9.09. The summed E-state index contributed by atoms with van der Waals surface area (Å²) in [7, 11) is 0. The summed E-state index contributed by atoms with van der Waals surface area (Å²) in [6.45, 7) is 5.61. The van der Waals surface area contributed by atoms with Crippen LogP contribution in [0.3, 0.4) is 0 Å². The monoisotopic (exact) mass is 171 g/mol. The van der Waals surface area contributed by atoms with E-state index < -0.39 is 17.8 Å². The molecule has 0 saturated carbocycles. The molecule has 4 nitrogen and oxygen atoms in total. The molecule has 1 N–H and O–H groups in total. The van der Waals surface area contributed by atoms with Crippen molar-refractivity contribution >= 4 is 11.7 Å². The van der Waals surface area contributed by atoms with Crippen molar-refractivity contribution in [3.8, 4) is 0 Å². The van der Waals surface area contributed by atoms with E-state index in [0.29, 0.717) is 0 Å². The van der Waals surface area contributed by atoms with Crippen LogP contribution in [0.25, 0.3) is 0 Å². The molecule has 1 aliphatic heterocycles. The molecule has 0 aromatic rings. The summed E-state index contributed by atoms with van der Waals surface area (Å²) in [4.78, 5) is 23.5. The quantitative estimate of drug-likeness (QED) is 0.502. The van der Waals surface area contributed by atoms with Gasteiger partial charge in [0.1, 0.15) is 6.10 Å². The second-order valence-electron chi connectivity index (χ2n) is 3.97. The Balaban J connectivity index is 2.86. The zero-order valence-corrected chi connectivity index (χ0v) is 7.50. The summed E-state index contributed by atoms with van der Waals surface area (Å²) in [5.74, 6) is -1.26. The topological polar surface area (TPSA) is 57.6 Å². The van der Waals surface area contributed by atoms with Gasteiger partial charge in [-0.2, -0.15) is 0 Å². The number of aliphatic hydroxyl groups is 1. The van der Waals surface area contributed by atoms with E-state index in [1.807, 2.05) is 20.8 Å². The number of hydrogen-bond donors (Lipinski definition) is 1. The first-order valence-corrected chi connectivity index (χ1v) is 3.88. The molecule has 1 amide bonds. The molecule has 1 rings (SSSR count). The van der Waals surface area contributed by atoms with E-state index in [1.165, 1.54) is 4.90 Å². The Labute approximate surface area is 71.2 Å². The molecule has 1 fully saturated rings. The van der Waals surface area contributed by atoms with Crippen molar-refractivity contribution in [2.75, 3.05) is 6.54 Å². The van der Waals surface area contributed by atoms with Crippen LogP contribution in [-0.4, -0.2) is 39.9 Å². The lowest BCUT2D eigenvalue weighted by atomic mass is 10.1. The second-order valence-corrected chi connectivity index (χ2v) is 3.97. The molecule has 0 spiro atoms. The van der Waals surface area contributed by atoms with Crippen LogP contribution < -0.4 is 0 Å². The Bertz CT molecular complexity index is 229. The van der Waals surface area contributed by atoms with Gasteiger partial charge in [-0.3, -0.25) is 9.59 Å². The zero-order valence-electron chi connectivity index (χ0n) is 7.50. The summed E-state index contributed by atoms with van der Waals surface area (Å²) in [5.41, 5.74) is -0.385. The van der Waals surface area contributed by atoms with Crippen LogP contribution in [0.2, 0.25) is 0 Å². The van der Waals surface area contributed by atoms with Crippen molar-refractivity contribution in [2.45, 2.75) is 32.4 Å². The molecule has 0 aromatic carbocycles. The SMILES string of the molecule is CC(C)(C)N1C[C@H](O)C(=O)C1=O. The minimum atomic E-state index is -1.13. The number of hydrogen-bond acceptors (Lipinski definition) is 3. The first-order chi connectivity index (χ1) is 5.34. The highest BCUT2D eigenvalue weighted by Gasteiger charge is 2.42. The lowest BCUT2D eigenvalue weighted by Crippen LogP contribution is -2.43. The molecule has 0 aliphatic carbocycles. The molecule has 0 bridgehead atoms. The standard InChI is InChI=1S/C8H13NO3/c1-8(2,3)9-4-5(10)6(11)7(9)12/h5,10H,4H2,1-3H3/t5-/m0/s1. The predicted octanol–water partition coefficient (Wildman–Crippen LogP) is -0.443. The molecule has 1 atom stereocenters. The van der Waals surface area contributed by atoms with Crippen LogP contribution in [0.1, 0.15) is 20.8 Å². The normalized spacial score (nSPS) is 25.3. The van der Waals surface area contributed by atoms with E-state index in [2.05, 4.69) is 0 Å². The van der Waals surface area contributed by atoms with Gasteiger partial charge in [0.25, 0.3) is 5.91 Å². The van der Waals surface area contributed by atoms with Crippen LogP contribution in [0.15, 0.2) is 0 Å². The molecule has 0 aromatic heterocycles. The van der Waals surface area contributed by atoms with Crippen LogP contribution in [0, 0.1) is 0 Å². The summed E-state index contributed by atoms with van der Waals surface area (Å²) < 4.78 is 0. The molecule has 1 saturated heterocycles. The largest absolute Gasteiger partial charge is 0.383 e. The number of carbonyl (C=O) groups excluding carboxylic acids is 2. The van der Waals surface area contributed by atoms with Crippen molar-refractivity contribution in [1.29, 1.82) is 0 Å². The highest BCUT2D eigenvalue weighted by atomic mass is 16.3. The molecule has 4 heteroatoms. The number of rotatable bonds is 0. The van der Waals surface area contributed by atoms with Crippen molar-refractivity contribution < 1.29 is 14.7 Å². The van der Waals surface area contributed by atoms with Crippen LogP contribution in [0.4, 0.5) is 0 Å². The predicted molar refractivity (Wildman–Crippen MR) is 42.5 cm³/mol. The minimum absolute atomic E-state index is 0.126. The average Bonchev–Trinajstić information content (AvgIpc) is 2.15. The number of likely N-dealkylation sites (tertiary alicyclic amines) is 1. The smallest absolute Gasteiger partial charge is 0.293 e. The van der Waals surface area contributed by atoms with Gasteiger partial charge in [0.15, 0.2) is 0 Å². The van der Waals surface area contributed by atoms with Crippen molar-refractivity contribution in [1.82, 2.24) is 4.90 Å². The third-order valence-electron chi connectivity index (χ3n) is 1.92. The number of nitrogens with zero attached hydrogens (tertiary/aromatic N) is 1. The molecular formula is C8H13NO3. The third kappa shape index (κ3) is 1.34. The second kappa shape index (κ2) is 2.55. The maximum Gasteiger partial charge on any atom is 0.293 e. The molecule has 1 aliphatic rings. The number of aliphatic hydroxyl groups excluding tert-OH is 1. The van der Waals surface area contributed by atoms with Gasteiger partial charge in [-0.1, -0.05) is 0 Å². The van der Waals surface area contributed by atoms with Crippen LogP contribution >= 0.6 is 0 Å². The van der Waals surface area contributed by atoms with Gasteiger partial charge in [-0.05, 0) is 20.8 Å². The lowest BCUT2D eigenvalue weighted by Gasteiger charge is -2.30. The third-order valence-corrected chi connectivity index (χ3v) is 1.92. The fourth-order valence-corrected chi connectivity index (χ4v) is 1.19. The van der Waals surface area contributed by atoms with E-state index >= 15 is 0 Å². The molecule has 12 heavy (non-hydrogen) atoms. The van der Waals surface area contributed by atoms with Crippen molar-refractivity contribution in [3.63, 3.8) is 0 Å². The molecule has 0 unspecified atom stereocenters. The van der Waals surface area contributed by atoms with E-state index in [9.17, 15) is 9.59 Å². The van der Waals surface area contributed by atoms with Crippen LogP contribution in [0.5, 0.6) is 0 Å². The number of ketones is 1. The Hall–Kier alpha value is -0.900. The van der Waals surface area contributed by atoms with Crippen molar-refractivity contribution in [2.24, 2.45) is 0 Å². The van der Waals surface area contributed by atoms with Gasteiger partial charge in [-0.25, -0.2) is 0 Å².